The van der Waals surface area contributed by atoms with E-state index in [2.05, 4.69) is 178 Å². The SMILES string of the molecule is C/C=C(\N=C(N)c1ccccc1)C1=CC=CCC=C1.C=CC1=C(/C=C\C)C2(c3ccc(C(=C)/C=C\C(=C/C)C(=C)/C=C\C(C)=C/C)cc31)c1ccccc1-c1ccccc12. The number of nitrogens with two attached hydrogens (primary N) is 1. The third kappa shape index (κ3) is 8.56. The molecule has 1 spiro atoms. The predicted molar refractivity (Wildman–Crippen MR) is 262 cm³/mol. The zero-order chi connectivity index (χ0) is 42.6. The van der Waals surface area contributed by atoms with Gasteiger partial charge in [0.25, 0.3) is 0 Å². The first kappa shape index (κ1) is 42.6. The van der Waals surface area contributed by atoms with Crippen LogP contribution in [0.4, 0.5) is 0 Å². The van der Waals surface area contributed by atoms with Crippen molar-refractivity contribution in [2.75, 3.05) is 0 Å². The molecule has 4 aromatic carbocycles. The minimum Gasteiger partial charge on any atom is -0.383 e. The quantitative estimate of drug-likeness (QED) is 0.0919. The third-order valence-electron chi connectivity index (χ3n) is 11.3. The van der Waals surface area contributed by atoms with Crippen molar-refractivity contribution in [2.24, 2.45) is 10.7 Å². The van der Waals surface area contributed by atoms with Crippen LogP contribution in [0.2, 0.25) is 0 Å². The van der Waals surface area contributed by atoms with Crippen LogP contribution < -0.4 is 5.73 Å². The molecule has 0 aliphatic heterocycles. The van der Waals surface area contributed by atoms with Gasteiger partial charge in [-0.2, -0.15) is 0 Å². The van der Waals surface area contributed by atoms with Crippen LogP contribution in [-0.4, -0.2) is 5.84 Å². The van der Waals surface area contributed by atoms with E-state index < -0.39 is 0 Å². The van der Waals surface area contributed by atoms with Crippen molar-refractivity contribution in [1.29, 1.82) is 0 Å². The van der Waals surface area contributed by atoms with Crippen molar-refractivity contribution >= 4 is 17.0 Å². The summed E-state index contributed by atoms with van der Waals surface area (Å²) >= 11 is 0. The Morgan fingerprint density at radius 2 is 1.37 bits per heavy atom. The summed E-state index contributed by atoms with van der Waals surface area (Å²) in [6.45, 7) is 23.2. The molecule has 2 nitrogen and oxygen atoms in total. The van der Waals surface area contributed by atoms with Gasteiger partial charge in [-0.25, -0.2) is 4.99 Å². The second-order valence-corrected chi connectivity index (χ2v) is 14.9. The highest BCUT2D eigenvalue weighted by molar-refractivity contribution is 5.99. The molecule has 0 saturated carbocycles. The molecule has 298 valence electrons. The number of allylic oxidation sites excluding steroid dienone is 21. The Bertz CT molecular complexity index is 2610. The molecule has 0 amide bonds. The first-order chi connectivity index (χ1) is 29.2. The van der Waals surface area contributed by atoms with Gasteiger partial charge in [-0.15, -0.1) is 0 Å². The maximum atomic E-state index is 6.06. The normalized spacial score (nSPS) is 15.8. The van der Waals surface area contributed by atoms with E-state index in [1.54, 1.807) is 0 Å². The molecule has 60 heavy (non-hydrogen) atoms. The lowest BCUT2D eigenvalue weighted by molar-refractivity contribution is 0.786. The zero-order valence-electron chi connectivity index (χ0n) is 35.8. The fourth-order valence-corrected chi connectivity index (χ4v) is 8.15. The van der Waals surface area contributed by atoms with Gasteiger partial charge in [0.1, 0.15) is 5.84 Å². The number of benzene rings is 4. The van der Waals surface area contributed by atoms with Crippen molar-refractivity contribution in [1.82, 2.24) is 0 Å². The molecule has 2 N–H and O–H groups in total. The maximum Gasteiger partial charge on any atom is 0.131 e. The molecule has 0 heterocycles. The number of hydrogen-bond acceptors (Lipinski definition) is 1. The zero-order valence-corrected chi connectivity index (χ0v) is 35.8. The van der Waals surface area contributed by atoms with Crippen LogP contribution in [0.3, 0.4) is 0 Å². The number of aliphatic imine (C=N–C) groups is 1. The first-order valence-electron chi connectivity index (χ1n) is 20.7. The standard InChI is InChI=1S/C41H38.C17H18N2/c1-8-16-37-33(11-4)36-27-32(30(7)23-24-31(10-3)29(6)22-21-28(5)9-2)25-26-40(36)41(37)38-19-14-12-17-34(38)35-18-13-15-20-39(35)41;1-2-16(14-10-6-3-4-7-11-14)19-17(18)15-12-8-5-9-13-15/h8-27H,4,6-7H2,1-3,5H3;2-3,5-13H,4H2,1H3,(H2,18,19)/b16-8-,22-21-,24-23-,28-9-,31-10+;16-2-. The summed E-state index contributed by atoms with van der Waals surface area (Å²) in [6, 6.07) is 34.3. The van der Waals surface area contributed by atoms with E-state index in [4.69, 9.17) is 5.73 Å². The summed E-state index contributed by atoms with van der Waals surface area (Å²) in [4.78, 5) is 4.53. The molecule has 0 atom stereocenters. The van der Waals surface area contributed by atoms with Crippen molar-refractivity contribution in [3.05, 3.63) is 275 Å². The Balaban J connectivity index is 0.000000265. The molecule has 0 radical (unpaired) electrons. The van der Waals surface area contributed by atoms with Gasteiger partial charge >= 0.3 is 0 Å². The minimum atomic E-state index is -0.373. The van der Waals surface area contributed by atoms with E-state index in [9.17, 15) is 0 Å². The van der Waals surface area contributed by atoms with Crippen LogP contribution in [0, 0.1) is 0 Å². The number of fused-ring (bicyclic) bond motifs is 7. The molecular weight excluding hydrogens is 725 g/mol. The Kier molecular flexibility index (Phi) is 13.9. The number of nitrogens with zero attached hydrogens (tertiary/aromatic N) is 1. The van der Waals surface area contributed by atoms with Gasteiger partial charge in [0.15, 0.2) is 0 Å². The minimum absolute atomic E-state index is 0.373. The predicted octanol–water partition coefficient (Wildman–Crippen LogP) is 14.9. The second-order valence-electron chi connectivity index (χ2n) is 14.9. The maximum absolute atomic E-state index is 6.06. The van der Waals surface area contributed by atoms with Crippen molar-refractivity contribution in [3.8, 4) is 11.1 Å². The van der Waals surface area contributed by atoms with Crippen LogP contribution in [-0.2, 0) is 5.41 Å². The number of hydrogen-bond donors (Lipinski definition) is 1. The van der Waals surface area contributed by atoms with Gasteiger partial charge in [-0.3, -0.25) is 0 Å². The molecule has 2 heteroatoms. The van der Waals surface area contributed by atoms with Gasteiger partial charge in [-0.1, -0.05) is 207 Å². The van der Waals surface area contributed by atoms with E-state index in [1.165, 1.54) is 50.1 Å². The van der Waals surface area contributed by atoms with E-state index in [-0.39, 0.29) is 5.41 Å². The molecule has 0 unspecified atom stereocenters. The van der Waals surface area contributed by atoms with E-state index in [0.29, 0.717) is 5.84 Å². The Morgan fingerprint density at radius 3 is 2.00 bits per heavy atom. The topological polar surface area (TPSA) is 38.4 Å². The summed E-state index contributed by atoms with van der Waals surface area (Å²) in [6.07, 6.45) is 32.3. The van der Waals surface area contributed by atoms with E-state index >= 15 is 0 Å². The van der Waals surface area contributed by atoms with Crippen molar-refractivity contribution < 1.29 is 0 Å². The van der Waals surface area contributed by atoms with Crippen LogP contribution in [0.15, 0.2) is 246 Å². The van der Waals surface area contributed by atoms with Crippen LogP contribution in [0.1, 0.15) is 74.4 Å². The van der Waals surface area contributed by atoms with Crippen LogP contribution in [0.25, 0.3) is 22.3 Å². The molecule has 3 aliphatic carbocycles. The second kappa shape index (κ2) is 19.6. The van der Waals surface area contributed by atoms with Crippen LogP contribution in [0.5, 0.6) is 0 Å². The summed E-state index contributed by atoms with van der Waals surface area (Å²) in [5.41, 5.74) is 24.1. The number of amidine groups is 1. The Hall–Kier alpha value is -7.03. The lowest BCUT2D eigenvalue weighted by atomic mass is 9.69. The molecular formula is C58H56N2. The summed E-state index contributed by atoms with van der Waals surface area (Å²) in [7, 11) is 0. The molecule has 7 rings (SSSR count). The van der Waals surface area contributed by atoms with Crippen molar-refractivity contribution in [3.63, 3.8) is 0 Å². The average molecular weight is 781 g/mol. The third-order valence-corrected chi connectivity index (χ3v) is 11.3. The summed E-state index contributed by atoms with van der Waals surface area (Å²) in [5.74, 6) is 0.538. The first-order valence-corrected chi connectivity index (χ1v) is 20.7. The largest absolute Gasteiger partial charge is 0.383 e. The van der Waals surface area contributed by atoms with Gasteiger partial charge in [-0.05, 0) is 119 Å². The monoisotopic (exact) mass is 780 g/mol. The Morgan fingerprint density at radius 1 is 0.700 bits per heavy atom. The molecule has 0 fully saturated rings. The molecule has 3 aliphatic rings. The van der Waals surface area contributed by atoms with E-state index in [0.717, 1.165) is 45.5 Å². The van der Waals surface area contributed by atoms with E-state index in [1.807, 2.05) is 69.3 Å². The molecule has 0 saturated heterocycles. The van der Waals surface area contributed by atoms with Crippen molar-refractivity contribution in [2.45, 2.75) is 46.5 Å². The fourth-order valence-electron chi connectivity index (χ4n) is 8.15. The lowest BCUT2D eigenvalue weighted by Gasteiger charge is -2.31. The fraction of sp³-hybridized carbons (Fsp3) is 0.121. The van der Waals surface area contributed by atoms with Gasteiger partial charge in [0.05, 0.1) is 11.1 Å². The smallest absolute Gasteiger partial charge is 0.131 e. The lowest BCUT2D eigenvalue weighted by Crippen LogP contribution is -2.26. The molecule has 0 bridgehead atoms. The summed E-state index contributed by atoms with van der Waals surface area (Å²) in [5, 5.41) is 0. The molecule has 0 aromatic heterocycles. The summed E-state index contributed by atoms with van der Waals surface area (Å²) < 4.78 is 0. The molecule has 4 aromatic rings. The van der Waals surface area contributed by atoms with Gasteiger partial charge < -0.3 is 5.73 Å². The van der Waals surface area contributed by atoms with Gasteiger partial charge in [0.2, 0.25) is 0 Å². The highest BCUT2D eigenvalue weighted by atomic mass is 14.9. The highest BCUT2D eigenvalue weighted by Crippen LogP contribution is 2.62. The average Bonchev–Trinajstić information content (AvgIpc) is 3.55. The van der Waals surface area contributed by atoms with Crippen LogP contribution >= 0.6 is 0 Å². The highest BCUT2D eigenvalue weighted by Gasteiger charge is 2.51. The Labute approximate surface area is 358 Å². The number of rotatable bonds is 11. The van der Waals surface area contributed by atoms with Gasteiger partial charge in [0, 0.05) is 5.56 Å².